The lowest BCUT2D eigenvalue weighted by molar-refractivity contribution is 0.548. The molecule has 0 atom stereocenters. The first-order valence-electron chi connectivity index (χ1n) is 6.32. The summed E-state index contributed by atoms with van der Waals surface area (Å²) in [7, 11) is -2.13. The van der Waals surface area contributed by atoms with E-state index in [1.165, 1.54) is 0 Å². The van der Waals surface area contributed by atoms with Crippen molar-refractivity contribution in [2.45, 2.75) is 18.3 Å². The molecule has 96 valence electrons. The molecule has 1 saturated carbocycles. The second kappa shape index (κ2) is 4.67. The van der Waals surface area contributed by atoms with Crippen LogP contribution in [0.3, 0.4) is 0 Å². The van der Waals surface area contributed by atoms with Crippen LogP contribution in [0.25, 0.3) is 0 Å². The summed E-state index contributed by atoms with van der Waals surface area (Å²) in [5.41, 5.74) is 1.67. The average molecular weight is 270 g/mol. The molecule has 19 heavy (non-hydrogen) atoms. The Morgan fingerprint density at radius 2 is 1.26 bits per heavy atom. The number of rotatable bonds is 2. The quantitative estimate of drug-likeness (QED) is 0.786. The van der Waals surface area contributed by atoms with Crippen LogP contribution < -0.4 is 0 Å². The monoisotopic (exact) mass is 270 g/mol. The molecular formula is C16H14O2S. The van der Waals surface area contributed by atoms with Gasteiger partial charge in [0.05, 0.1) is 10.3 Å². The zero-order chi connectivity index (χ0) is 13.3. The van der Waals surface area contributed by atoms with Gasteiger partial charge in [0, 0.05) is 0 Å². The van der Waals surface area contributed by atoms with E-state index in [2.05, 4.69) is 0 Å². The van der Waals surface area contributed by atoms with Gasteiger partial charge < -0.3 is 0 Å². The highest BCUT2D eigenvalue weighted by Crippen LogP contribution is 2.46. The Balaban J connectivity index is 2.28. The Bertz CT molecular complexity index is 668. The molecule has 0 aliphatic heterocycles. The minimum atomic E-state index is -2.13. The third-order valence-corrected chi connectivity index (χ3v) is 4.89. The van der Waals surface area contributed by atoms with Crippen LogP contribution >= 0.6 is 0 Å². The van der Waals surface area contributed by atoms with E-state index < -0.39 is 15.7 Å². The third-order valence-electron chi connectivity index (χ3n) is 3.94. The molecule has 0 aromatic heterocycles. The molecule has 2 aromatic rings. The van der Waals surface area contributed by atoms with Gasteiger partial charge in [-0.25, -0.2) is 0 Å². The Hall–Kier alpha value is -1.87. The Labute approximate surface area is 114 Å². The lowest BCUT2D eigenvalue weighted by Gasteiger charge is -2.43. The highest BCUT2D eigenvalue weighted by Gasteiger charge is 2.47. The Morgan fingerprint density at radius 1 is 0.789 bits per heavy atom. The highest BCUT2D eigenvalue weighted by molar-refractivity contribution is 7.73. The van der Waals surface area contributed by atoms with E-state index in [0.29, 0.717) is 11.3 Å². The summed E-state index contributed by atoms with van der Waals surface area (Å²) in [6.45, 7) is 0. The van der Waals surface area contributed by atoms with E-state index in [0.717, 1.165) is 17.5 Å². The fourth-order valence-electron chi connectivity index (χ4n) is 2.93. The van der Waals surface area contributed by atoms with Gasteiger partial charge in [0.25, 0.3) is 0 Å². The molecule has 1 aliphatic carbocycles. The fraction of sp³-hybridized carbons (Fsp3) is 0.188. The van der Waals surface area contributed by atoms with Crippen LogP contribution in [-0.2, 0) is 15.7 Å². The fourth-order valence-corrected chi connectivity index (χ4v) is 3.82. The van der Waals surface area contributed by atoms with Crippen LogP contribution in [0.15, 0.2) is 60.7 Å². The summed E-state index contributed by atoms with van der Waals surface area (Å²) in [6.07, 6.45) is 1.50. The standard InChI is InChI=1S/C16H14O2S/c17-19(18)15-11-12-16(15,13-7-3-1-4-8-13)14-9-5-2-6-10-14/h1-10H,11-12H2. The number of benzene rings is 2. The summed E-state index contributed by atoms with van der Waals surface area (Å²) in [5, 5.41) is 0. The lowest BCUT2D eigenvalue weighted by atomic mass is 9.60. The largest absolute Gasteiger partial charge is 0.214 e. The van der Waals surface area contributed by atoms with Gasteiger partial charge in [0.2, 0.25) is 10.3 Å². The van der Waals surface area contributed by atoms with E-state index in [1.807, 2.05) is 60.7 Å². The van der Waals surface area contributed by atoms with E-state index in [4.69, 9.17) is 0 Å². The first-order valence-corrected chi connectivity index (χ1v) is 7.39. The first kappa shape index (κ1) is 12.2. The van der Waals surface area contributed by atoms with Crippen molar-refractivity contribution in [3.05, 3.63) is 71.8 Å². The predicted molar refractivity (Wildman–Crippen MR) is 76.8 cm³/mol. The van der Waals surface area contributed by atoms with Gasteiger partial charge in [0.15, 0.2) is 0 Å². The third kappa shape index (κ3) is 1.81. The minimum absolute atomic E-state index is 0.449. The second-order valence-corrected chi connectivity index (χ2v) is 5.76. The van der Waals surface area contributed by atoms with Crippen LogP contribution in [-0.4, -0.2) is 13.3 Å². The summed E-state index contributed by atoms with van der Waals surface area (Å²) < 4.78 is 23.0. The number of hydrogen-bond donors (Lipinski definition) is 0. The molecule has 2 aromatic carbocycles. The zero-order valence-corrected chi connectivity index (χ0v) is 11.2. The van der Waals surface area contributed by atoms with Crippen LogP contribution in [0.1, 0.15) is 24.0 Å². The van der Waals surface area contributed by atoms with Gasteiger partial charge in [-0.05, 0) is 24.0 Å². The molecular weight excluding hydrogens is 256 g/mol. The van der Waals surface area contributed by atoms with Crippen molar-refractivity contribution in [2.24, 2.45) is 0 Å². The molecule has 0 heterocycles. The van der Waals surface area contributed by atoms with Crippen LogP contribution in [0, 0.1) is 0 Å². The van der Waals surface area contributed by atoms with Gasteiger partial charge in [-0.2, -0.15) is 8.42 Å². The summed E-state index contributed by atoms with van der Waals surface area (Å²) in [6, 6.07) is 19.8. The molecule has 0 spiro atoms. The van der Waals surface area contributed by atoms with Crippen molar-refractivity contribution in [3.63, 3.8) is 0 Å². The zero-order valence-electron chi connectivity index (χ0n) is 10.4. The summed E-state index contributed by atoms with van der Waals surface area (Å²) in [4.78, 5) is 0.602. The predicted octanol–water partition coefficient (Wildman–Crippen LogP) is 2.82. The first-order chi connectivity index (χ1) is 9.25. The molecule has 3 heteroatoms. The highest BCUT2D eigenvalue weighted by atomic mass is 32.2. The smallest absolute Gasteiger partial charge is 0.185 e. The van der Waals surface area contributed by atoms with Gasteiger partial charge in [-0.3, -0.25) is 0 Å². The molecule has 0 saturated heterocycles. The maximum Gasteiger partial charge on any atom is 0.214 e. The van der Waals surface area contributed by atoms with Crippen molar-refractivity contribution in [3.8, 4) is 0 Å². The second-order valence-electron chi connectivity index (χ2n) is 4.80. The van der Waals surface area contributed by atoms with Crippen molar-refractivity contribution >= 4 is 15.2 Å². The lowest BCUT2D eigenvalue weighted by Crippen LogP contribution is -2.46. The molecule has 0 unspecified atom stereocenters. The normalized spacial score (nSPS) is 16.7. The molecule has 1 aliphatic rings. The molecule has 0 N–H and O–H groups in total. The molecule has 3 rings (SSSR count). The molecule has 2 nitrogen and oxygen atoms in total. The van der Waals surface area contributed by atoms with Crippen molar-refractivity contribution < 1.29 is 8.42 Å². The van der Waals surface area contributed by atoms with E-state index >= 15 is 0 Å². The minimum Gasteiger partial charge on any atom is -0.185 e. The Kier molecular flexibility index (Phi) is 2.99. The molecule has 0 amide bonds. The number of hydrogen-bond acceptors (Lipinski definition) is 2. The summed E-state index contributed by atoms with van der Waals surface area (Å²) >= 11 is 0. The van der Waals surface area contributed by atoms with E-state index in [-0.39, 0.29) is 0 Å². The molecule has 1 fully saturated rings. The topological polar surface area (TPSA) is 34.1 Å². The van der Waals surface area contributed by atoms with Crippen molar-refractivity contribution in [1.29, 1.82) is 0 Å². The van der Waals surface area contributed by atoms with Crippen LogP contribution in [0.5, 0.6) is 0 Å². The van der Waals surface area contributed by atoms with E-state index in [9.17, 15) is 8.42 Å². The van der Waals surface area contributed by atoms with Crippen molar-refractivity contribution in [2.75, 3.05) is 0 Å². The van der Waals surface area contributed by atoms with Gasteiger partial charge in [0.1, 0.15) is 0 Å². The SMILES string of the molecule is O=S(=O)=C1CCC1(c1ccccc1)c1ccccc1. The summed E-state index contributed by atoms with van der Waals surface area (Å²) in [5.74, 6) is 0. The van der Waals surface area contributed by atoms with Crippen LogP contribution in [0.4, 0.5) is 0 Å². The average Bonchev–Trinajstić information content (AvgIpc) is 2.40. The van der Waals surface area contributed by atoms with Crippen molar-refractivity contribution in [1.82, 2.24) is 0 Å². The van der Waals surface area contributed by atoms with E-state index in [1.54, 1.807) is 0 Å². The van der Waals surface area contributed by atoms with Gasteiger partial charge in [-0.15, -0.1) is 0 Å². The molecule has 0 bridgehead atoms. The Morgan fingerprint density at radius 3 is 1.58 bits per heavy atom. The maximum atomic E-state index is 11.5. The maximum absolute atomic E-state index is 11.5. The molecule has 0 radical (unpaired) electrons. The van der Waals surface area contributed by atoms with Crippen LogP contribution in [0.2, 0.25) is 0 Å². The van der Waals surface area contributed by atoms with Gasteiger partial charge in [-0.1, -0.05) is 60.7 Å². The van der Waals surface area contributed by atoms with Gasteiger partial charge >= 0.3 is 0 Å².